The van der Waals surface area contributed by atoms with Gasteiger partial charge in [0.15, 0.2) is 5.82 Å². The van der Waals surface area contributed by atoms with Gasteiger partial charge < -0.3 is 11.1 Å². The summed E-state index contributed by atoms with van der Waals surface area (Å²) in [6.07, 6.45) is 3.88. The summed E-state index contributed by atoms with van der Waals surface area (Å²) < 4.78 is 0. The molecule has 0 spiro atoms. The van der Waals surface area contributed by atoms with Gasteiger partial charge in [-0.25, -0.2) is 4.98 Å². The Morgan fingerprint density at radius 3 is 2.69 bits per heavy atom. The largest absolute Gasteiger partial charge is 0.326 e. The molecule has 3 aromatic rings. The Morgan fingerprint density at radius 2 is 1.92 bits per heavy atom. The average molecular weight is 347 g/mol. The molecule has 1 aromatic heterocycles. The normalized spacial score (nSPS) is 12.8. The van der Waals surface area contributed by atoms with E-state index in [1.54, 1.807) is 0 Å². The number of hydrogen-bond donors (Lipinski definition) is 3. The standard InChI is InChI=1S/C20H21N5O/c21-12-18-23-20(25-24-18)15-6-8-17(9-7-15)22-19(26)11-13-4-5-14-2-1-3-16(14)10-13/h4-10H,1-3,11-12,21H2,(H,22,26)(H,23,24,25). The molecule has 0 aliphatic heterocycles. The maximum Gasteiger partial charge on any atom is 0.228 e. The lowest BCUT2D eigenvalue weighted by molar-refractivity contribution is -0.115. The van der Waals surface area contributed by atoms with Gasteiger partial charge in [0.1, 0.15) is 5.82 Å². The second kappa shape index (κ2) is 7.09. The van der Waals surface area contributed by atoms with E-state index in [2.05, 4.69) is 38.7 Å². The van der Waals surface area contributed by atoms with Gasteiger partial charge in [0.2, 0.25) is 5.91 Å². The fourth-order valence-electron chi connectivity index (χ4n) is 3.34. The number of rotatable bonds is 5. The van der Waals surface area contributed by atoms with Crippen LogP contribution < -0.4 is 11.1 Å². The summed E-state index contributed by atoms with van der Waals surface area (Å²) in [5.74, 6) is 1.23. The summed E-state index contributed by atoms with van der Waals surface area (Å²) in [7, 11) is 0. The quantitative estimate of drug-likeness (QED) is 0.661. The number of H-pyrrole nitrogens is 1. The molecule has 0 saturated heterocycles. The van der Waals surface area contributed by atoms with Crippen molar-refractivity contribution in [3.05, 3.63) is 65.0 Å². The van der Waals surface area contributed by atoms with Gasteiger partial charge in [-0.05, 0) is 60.2 Å². The molecule has 0 unspecified atom stereocenters. The molecule has 4 N–H and O–H groups in total. The third-order valence-electron chi connectivity index (χ3n) is 4.68. The van der Waals surface area contributed by atoms with Crippen molar-refractivity contribution in [2.45, 2.75) is 32.2 Å². The van der Waals surface area contributed by atoms with Crippen LogP contribution in [0.1, 0.15) is 28.9 Å². The SMILES string of the molecule is NCc1nc(-c2ccc(NC(=O)Cc3ccc4c(c3)CCC4)cc2)n[nH]1. The number of carbonyl (C=O) groups excluding carboxylic acids is 1. The molecule has 1 heterocycles. The summed E-state index contributed by atoms with van der Waals surface area (Å²) in [6.45, 7) is 0.323. The fourth-order valence-corrected chi connectivity index (χ4v) is 3.34. The van der Waals surface area contributed by atoms with E-state index in [0.717, 1.165) is 29.7 Å². The van der Waals surface area contributed by atoms with E-state index in [4.69, 9.17) is 5.73 Å². The van der Waals surface area contributed by atoms with E-state index in [1.165, 1.54) is 17.5 Å². The predicted molar refractivity (Wildman–Crippen MR) is 101 cm³/mol. The van der Waals surface area contributed by atoms with Crippen LogP contribution in [0, 0.1) is 0 Å². The van der Waals surface area contributed by atoms with E-state index in [-0.39, 0.29) is 5.91 Å². The number of hydrogen-bond acceptors (Lipinski definition) is 4. The molecule has 4 rings (SSSR count). The highest BCUT2D eigenvalue weighted by Gasteiger charge is 2.12. The van der Waals surface area contributed by atoms with Crippen LogP contribution in [0.3, 0.4) is 0 Å². The van der Waals surface area contributed by atoms with Crippen LogP contribution in [-0.2, 0) is 30.6 Å². The number of nitrogens with zero attached hydrogens (tertiary/aromatic N) is 2. The Hall–Kier alpha value is -2.99. The number of nitrogens with one attached hydrogen (secondary N) is 2. The average Bonchev–Trinajstić information content (AvgIpc) is 3.31. The zero-order valence-corrected chi connectivity index (χ0v) is 14.5. The smallest absolute Gasteiger partial charge is 0.228 e. The Kier molecular flexibility index (Phi) is 4.50. The van der Waals surface area contributed by atoms with Crippen LogP contribution in [-0.4, -0.2) is 21.1 Å². The van der Waals surface area contributed by atoms with Crippen molar-refractivity contribution in [1.29, 1.82) is 0 Å². The highest BCUT2D eigenvalue weighted by molar-refractivity contribution is 5.92. The van der Waals surface area contributed by atoms with Gasteiger partial charge in [-0.2, -0.15) is 5.10 Å². The van der Waals surface area contributed by atoms with E-state index in [1.807, 2.05) is 24.3 Å². The summed E-state index contributed by atoms with van der Waals surface area (Å²) >= 11 is 0. The lowest BCUT2D eigenvalue weighted by Gasteiger charge is -2.07. The molecular formula is C20H21N5O. The molecule has 26 heavy (non-hydrogen) atoms. The van der Waals surface area contributed by atoms with Gasteiger partial charge in [-0.3, -0.25) is 9.89 Å². The summed E-state index contributed by atoms with van der Waals surface area (Å²) in [5.41, 5.74) is 11.0. The van der Waals surface area contributed by atoms with Gasteiger partial charge in [-0.1, -0.05) is 18.2 Å². The maximum atomic E-state index is 12.3. The van der Waals surface area contributed by atoms with Gasteiger partial charge in [0.25, 0.3) is 0 Å². The third kappa shape index (κ3) is 3.50. The molecule has 2 aromatic carbocycles. The zero-order chi connectivity index (χ0) is 17.9. The van der Waals surface area contributed by atoms with Gasteiger partial charge in [0, 0.05) is 11.3 Å². The molecule has 0 bridgehead atoms. The van der Waals surface area contributed by atoms with E-state index >= 15 is 0 Å². The van der Waals surface area contributed by atoms with Crippen LogP contribution >= 0.6 is 0 Å². The minimum absolute atomic E-state index is 0.0148. The van der Waals surface area contributed by atoms with E-state index < -0.39 is 0 Å². The Morgan fingerprint density at radius 1 is 1.12 bits per heavy atom. The molecule has 1 amide bonds. The highest BCUT2D eigenvalue weighted by atomic mass is 16.1. The Balaban J connectivity index is 1.39. The van der Waals surface area contributed by atoms with Gasteiger partial charge in [0.05, 0.1) is 13.0 Å². The molecule has 6 heteroatoms. The lowest BCUT2D eigenvalue weighted by Crippen LogP contribution is -2.14. The number of fused-ring (bicyclic) bond motifs is 1. The number of anilines is 1. The Labute approximate surface area is 151 Å². The van der Waals surface area contributed by atoms with Crippen LogP contribution in [0.4, 0.5) is 5.69 Å². The number of aromatic nitrogens is 3. The monoisotopic (exact) mass is 347 g/mol. The van der Waals surface area contributed by atoms with Crippen molar-refractivity contribution in [1.82, 2.24) is 15.2 Å². The molecule has 132 valence electrons. The molecule has 1 aliphatic rings. The van der Waals surface area contributed by atoms with Crippen molar-refractivity contribution >= 4 is 11.6 Å². The number of aryl methyl sites for hydroxylation is 2. The summed E-state index contributed by atoms with van der Waals surface area (Å²) in [6, 6.07) is 13.9. The maximum absolute atomic E-state index is 12.3. The van der Waals surface area contributed by atoms with E-state index in [9.17, 15) is 4.79 Å². The molecule has 0 radical (unpaired) electrons. The number of aromatic amines is 1. The molecule has 0 fully saturated rings. The highest BCUT2D eigenvalue weighted by Crippen LogP contribution is 2.23. The lowest BCUT2D eigenvalue weighted by atomic mass is 10.0. The number of amides is 1. The van der Waals surface area contributed by atoms with Crippen molar-refractivity contribution < 1.29 is 4.79 Å². The van der Waals surface area contributed by atoms with Crippen molar-refractivity contribution in [2.75, 3.05) is 5.32 Å². The second-order valence-corrected chi connectivity index (χ2v) is 6.57. The van der Waals surface area contributed by atoms with Crippen LogP contribution in [0.2, 0.25) is 0 Å². The first-order valence-corrected chi connectivity index (χ1v) is 8.83. The second-order valence-electron chi connectivity index (χ2n) is 6.57. The first-order chi connectivity index (χ1) is 12.7. The summed E-state index contributed by atoms with van der Waals surface area (Å²) in [5, 5.41) is 9.86. The van der Waals surface area contributed by atoms with Gasteiger partial charge in [-0.15, -0.1) is 0 Å². The van der Waals surface area contributed by atoms with Gasteiger partial charge >= 0.3 is 0 Å². The minimum atomic E-state index is -0.0148. The summed E-state index contributed by atoms with van der Waals surface area (Å²) in [4.78, 5) is 16.6. The first-order valence-electron chi connectivity index (χ1n) is 8.83. The van der Waals surface area contributed by atoms with Crippen molar-refractivity contribution in [3.8, 4) is 11.4 Å². The molecule has 1 aliphatic carbocycles. The van der Waals surface area contributed by atoms with E-state index in [0.29, 0.717) is 24.6 Å². The zero-order valence-electron chi connectivity index (χ0n) is 14.5. The molecular weight excluding hydrogens is 326 g/mol. The van der Waals surface area contributed by atoms with Crippen molar-refractivity contribution in [2.24, 2.45) is 5.73 Å². The van der Waals surface area contributed by atoms with Crippen molar-refractivity contribution in [3.63, 3.8) is 0 Å². The number of nitrogens with two attached hydrogens (primary N) is 1. The number of carbonyl (C=O) groups is 1. The first kappa shape index (κ1) is 16.5. The Bertz CT molecular complexity index is 930. The molecule has 0 saturated carbocycles. The molecule has 6 nitrogen and oxygen atoms in total. The predicted octanol–water partition coefficient (Wildman–Crippen LogP) is 2.60. The number of benzene rings is 2. The van der Waals surface area contributed by atoms with Crippen LogP contribution in [0.25, 0.3) is 11.4 Å². The third-order valence-corrected chi connectivity index (χ3v) is 4.68. The minimum Gasteiger partial charge on any atom is -0.326 e. The van der Waals surface area contributed by atoms with Crippen LogP contribution in [0.15, 0.2) is 42.5 Å². The topological polar surface area (TPSA) is 96.7 Å². The molecule has 0 atom stereocenters. The fraction of sp³-hybridized carbons (Fsp3) is 0.250. The van der Waals surface area contributed by atoms with Crippen LogP contribution in [0.5, 0.6) is 0 Å².